The van der Waals surface area contributed by atoms with Gasteiger partial charge in [-0.25, -0.2) is 9.64 Å². The number of ether oxygens (including phenoxy) is 2. The van der Waals surface area contributed by atoms with E-state index in [0.29, 0.717) is 46.3 Å². The van der Waals surface area contributed by atoms with E-state index >= 15 is 0 Å². The van der Waals surface area contributed by atoms with Gasteiger partial charge in [-0.1, -0.05) is 42.5 Å². The number of furan rings is 1. The number of nitriles is 1. The molecule has 2 aromatic carbocycles. The van der Waals surface area contributed by atoms with Crippen molar-refractivity contribution >= 4 is 29.9 Å². The zero-order valence-corrected chi connectivity index (χ0v) is 29.2. The Morgan fingerprint density at radius 3 is 2.20 bits per heavy atom. The maximum Gasteiger partial charge on any atom is 0.338 e. The van der Waals surface area contributed by atoms with Gasteiger partial charge in [-0.2, -0.15) is 14.0 Å². The first-order valence-electron chi connectivity index (χ1n) is 16.5. The Morgan fingerprint density at radius 2 is 1.62 bits per heavy atom. The first-order chi connectivity index (χ1) is 24.0. The number of carbonyl (C=O) groups is 1. The minimum absolute atomic E-state index is 0.267. The predicted octanol–water partition coefficient (Wildman–Crippen LogP) is 10.9. The van der Waals surface area contributed by atoms with Gasteiger partial charge in [0.2, 0.25) is 5.70 Å². The van der Waals surface area contributed by atoms with E-state index in [1.54, 1.807) is 19.1 Å². The van der Waals surface area contributed by atoms with Gasteiger partial charge >= 0.3 is 5.97 Å². The Balaban J connectivity index is 0.00000126. The molecule has 0 bridgehead atoms. The molecule has 9 heteroatoms. The molecule has 1 aliphatic heterocycles. The van der Waals surface area contributed by atoms with Crippen LogP contribution >= 0.6 is 0 Å². The maximum absolute atomic E-state index is 12.1. The van der Waals surface area contributed by atoms with Gasteiger partial charge in [-0.05, 0) is 114 Å². The van der Waals surface area contributed by atoms with Gasteiger partial charge in [0, 0.05) is 24.4 Å². The van der Waals surface area contributed by atoms with Crippen molar-refractivity contribution in [3.63, 3.8) is 0 Å². The summed E-state index contributed by atoms with van der Waals surface area (Å²) in [6.07, 6.45) is 9.57. The van der Waals surface area contributed by atoms with Crippen molar-refractivity contribution in [2.24, 2.45) is 0 Å². The second-order valence-electron chi connectivity index (χ2n) is 11.8. The summed E-state index contributed by atoms with van der Waals surface area (Å²) < 4.78 is 38.5. The van der Waals surface area contributed by atoms with Crippen molar-refractivity contribution in [3.05, 3.63) is 142 Å². The molecule has 260 valence electrons. The number of anilines is 1. The van der Waals surface area contributed by atoms with Crippen molar-refractivity contribution in [1.82, 2.24) is 0 Å². The van der Waals surface area contributed by atoms with Crippen LogP contribution in [0.1, 0.15) is 81.3 Å². The molecule has 0 atom stereocenters. The fourth-order valence-corrected chi connectivity index (χ4v) is 5.02. The van der Waals surface area contributed by atoms with Gasteiger partial charge in [-0.15, -0.1) is 0 Å². The van der Waals surface area contributed by atoms with Crippen LogP contribution in [0.25, 0.3) is 23.1 Å². The van der Waals surface area contributed by atoms with Gasteiger partial charge < -0.3 is 18.8 Å². The fourth-order valence-electron chi connectivity index (χ4n) is 5.02. The Kier molecular flexibility index (Phi) is 15.0. The van der Waals surface area contributed by atoms with Crippen LogP contribution in [0.4, 0.5) is 14.5 Å². The molecule has 7 nitrogen and oxygen atoms in total. The molecule has 50 heavy (non-hydrogen) atoms. The highest BCUT2D eigenvalue weighted by atomic mass is 19.3. The number of nitrogens with zero attached hydrogens (tertiary/aromatic N) is 3. The van der Waals surface area contributed by atoms with Gasteiger partial charge in [0.05, 0.1) is 30.4 Å². The van der Waals surface area contributed by atoms with Gasteiger partial charge in [0.25, 0.3) is 6.08 Å². The minimum Gasteiger partial charge on any atom is -0.494 e. The molecule has 0 fully saturated rings. The lowest BCUT2D eigenvalue weighted by molar-refractivity contribution is 0.0498. The number of benzene rings is 2. The second kappa shape index (κ2) is 19.4. The Morgan fingerprint density at radius 1 is 0.980 bits per heavy atom. The number of hydrogen-bond donors (Lipinski definition) is 0. The van der Waals surface area contributed by atoms with E-state index in [1.165, 1.54) is 12.6 Å². The predicted molar refractivity (Wildman–Crippen MR) is 195 cm³/mol. The Labute approximate surface area is 293 Å². The van der Waals surface area contributed by atoms with Gasteiger partial charge in [0.1, 0.15) is 22.9 Å². The van der Waals surface area contributed by atoms with E-state index in [9.17, 15) is 18.8 Å². The summed E-state index contributed by atoms with van der Waals surface area (Å²) in [7, 11) is 0. The summed E-state index contributed by atoms with van der Waals surface area (Å²) in [4.78, 5) is 18.0. The summed E-state index contributed by atoms with van der Waals surface area (Å²) in [6.45, 7) is 18.8. The monoisotopic (exact) mass is 679 g/mol. The highest BCUT2D eigenvalue weighted by Crippen LogP contribution is 2.41. The van der Waals surface area contributed by atoms with Crippen LogP contribution in [0.15, 0.2) is 112 Å². The van der Waals surface area contributed by atoms with Gasteiger partial charge in [-0.3, -0.25) is 0 Å². The topological polar surface area (TPSA) is 80.1 Å². The van der Waals surface area contributed by atoms with E-state index in [0.717, 1.165) is 44.0 Å². The fraction of sp³-hybridized carbons (Fsp3) is 0.293. The molecule has 1 aliphatic rings. The van der Waals surface area contributed by atoms with Crippen LogP contribution in [0.3, 0.4) is 0 Å². The highest BCUT2D eigenvalue weighted by Gasteiger charge is 2.37. The van der Waals surface area contributed by atoms with Gasteiger partial charge in [0.15, 0.2) is 0 Å². The zero-order chi connectivity index (χ0) is 36.5. The summed E-state index contributed by atoms with van der Waals surface area (Å²) >= 11 is 0. The van der Waals surface area contributed by atoms with Crippen molar-refractivity contribution in [1.29, 1.82) is 5.26 Å². The highest BCUT2D eigenvalue weighted by molar-refractivity contribution is 5.89. The third kappa shape index (κ3) is 11.5. The van der Waals surface area contributed by atoms with E-state index in [4.69, 9.17) is 20.5 Å². The average Bonchev–Trinajstić information content (AvgIpc) is 3.70. The number of allylic oxidation sites excluding steroid dienone is 2. The van der Waals surface area contributed by atoms with E-state index < -0.39 is 11.7 Å². The molecule has 2 heterocycles. The molecule has 0 spiro atoms. The first-order valence-corrected chi connectivity index (χ1v) is 16.5. The van der Waals surface area contributed by atoms with Crippen molar-refractivity contribution in [2.75, 3.05) is 24.6 Å². The molecule has 1 aromatic heterocycles. The van der Waals surface area contributed by atoms with Crippen LogP contribution < -0.4 is 4.90 Å². The van der Waals surface area contributed by atoms with E-state index in [-0.39, 0.29) is 5.97 Å². The molecule has 0 N–H and O–H groups in total. The number of hydrogen-bond acceptors (Lipinski definition) is 6. The SMILES string of the molecule is CC=C(F)F.[C-]#[N+]C1=C(/C=C/c2ccc(/C=C/c3ccc(N(CC)CCCCCOC(=O)c4ccccc4)cc3)o2)C(C)(C)OC1=C(C)C#N. The van der Waals surface area contributed by atoms with Crippen LogP contribution in [0.5, 0.6) is 0 Å². The zero-order valence-electron chi connectivity index (χ0n) is 29.2. The molecule has 4 rings (SSSR count). The molecule has 0 saturated carbocycles. The summed E-state index contributed by atoms with van der Waals surface area (Å²) in [6, 6.07) is 23.4. The third-order valence-electron chi connectivity index (χ3n) is 7.77. The van der Waals surface area contributed by atoms with E-state index in [2.05, 4.69) is 47.0 Å². The molecule has 0 amide bonds. The van der Waals surface area contributed by atoms with Crippen LogP contribution in [-0.2, 0) is 9.47 Å². The number of carbonyl (C=O) groups excluding carboxylic acids is 1. The summed E-state index contributed by atoms with van der Waals surface area (Å²) in [5.41, 5.74) is 3.55. The lowest BCUT2D eigenvalue weighted by Gasteiger charge is -2.23. The second-order valence-corrected chi connectivity index (χ2v) is 11.8. The third-order valence-corrected chi connectivity index (χ3v) is 7.77. The Hall–Kier alpha value is -5.67. The van der Waals surface area contributed by atoms with E-state index in [1.807, 2.05) is 68.5 Å². The molecule has 0 radical (unpaired) electrons. The Bertz CT molecular complexity index is 1820. The molecular weight excluding hydrogens is 636 g/mol. The minimum atomic E-state index is -1.62. The number of unbranched alkanes of at least 4 members (excludes halogenated alkanes) is 2. The van der Waals surface area contributed by atoms with Crippen molar-refractivity contribution in [3.8, 4) is 6.07 Å². The molecular formula is C41H43F2N3O4. The normalized spacial score (nSPS) is 14.3. The van der Waals surface area contributed by atoms with Crippen LogP contribution in [0.2, 0.25) is 0 Å². The number of esters is 1. The molecule has 0 saturated heterocycles. The standard InChI is InChI=1S/C38H39N3O4.C3H4F2/c1-6-41(25-11-8-12-26-43-37(42)30-13-9-7-10-14-30)31-18-15-29(16-19-31)17-20-32-21-22-33(44-32)23-24-34-35(40-5)36(28(2)27-39)45-38(34,3)4;1-2-3(4)5/h7,9-10,13-24H,6,8,11-12,25-26H2,1-4H3;2H,1H3/b20-17+,24-23+,36-28?;. The van der Waals surface area contributed by atoms with Crippen LogP contribution in [-0.4, -0.2) is 31.3 Å². The van der Waals surface area contributed by atoms with Crippen molar-refractivity contribution < 1.29 is 27.5 Å². The quantitative estimate of drug-likeness (QED) is 0.0774. The lowest BCUT2D eigenvalue weighted by Crippen LogP contribution is -2.23. The lowest BCUT2D eigenvalue weighted by atomic mass is 9.97. The van der Waals surface area contributed by atoms with Crippen LogP contribution in [0, 0.1) is 17.9 Å². The largest absolute Gasteiger partial charge is 0.494 e. The van der Waals surface area contributed by atoms with Crippen molar-refractivity contribution in [2.45, 2.75) is 59.5 Å². The molecule has 3 aromatic rings. The number of rotatable bonds is 13. The number of halogens is 2. The average molecular weight is 680 g/mol. The summed E-state index contributed by atoms with van der Waals surface area (Å²) in [5.74, 6) is 1.44. The maximum atomic E-state index is 12.1. The smallest absolute Gasteiger partial charge is 0.338 e. The molecule has 0 aliphatic carbocycles. The summed E-state index contributed by atoms with van der Waals surface area (Å²) in [5, 5.41) is 9.29. The first kappa shape index (κ1) is 38.8. The molecule has 0 unspecified atom stereocenters.